The number of ether oxygens (including phenoxy) is 2. The number of nitrogens with one attached hydrogen (secondary N) is 1. The molecule has 0 bridgehead atoms. The zero-order valence-electron chi connectivity index (χ0n) is 9.81. The van der Waals surface area contributed by atoms with E-state index in [1.807, 2.05) is 0 Å². The molecule has 5 nitrogen and oxygen atoms in total. The van der Waals surface area contributed by atoms with Gasteiger partial charge >= 0.3 is 0 Å². The van der Waals surface area contributed by atoms with Gasteiger partial charge in [-0.1, -0.05) is 0 Å². The zero-order chi connectivity index (χ0) is 13.1. The van der Waals surface area contributed by atoms with Crippen molar-refractivity contribution in [3.8, 4) is 5.75 Å². The van der Waals surface area contributed by atoms with E-state index in [2.05, 4.69) is 4.98 Å². The molecule has 0 aliphatic heterocycles. The molecular formula is C12H14FNO4. The molecule has 18 heavy (non-hydrogen) atoms. The van der Waals surface area contributed by atoms with E-state index in [1.54, 1.807) is 7.11 Å². The lowest BCUT2D eigenvalue weighted by molar-refractivity contribution is -0.0453. The quantitative estimate of drug-likeness (QED) is 0.556. The zero-order valence-corrected chi connectivity index (χ0v) is 9.81. The van der Waals surface area contributed by atoms with Gasteiger partial charge in [0, 0.05) is 18.6 Å². The van der Waals surface area contributed by atoms with E-state index >= 15 is 0 Å². The molecule has 0 radical (unpaired) electrons. The van der Waals surface area contributed by atoms with Crippen LogP contribution >= 0.6 is 0 Å². The number of fused-ring (bicyclic) bond motifs is 1. The predicted octanol–water partition coefficient (Wildman–Crippen LogP) is 1.32. The molecule has 0 saturated carbocycles. The monoisotopic (exact) mass is 255 g/mol. The number of aliphatic hydroxyl groups is 2. The molecule has 1 aromatic carbocycles. The largest absolute Gasteiger partial charge is 0.490 e. The van der Waals surface area contributed by atoms with E-state index in [4.69, 9.17) is 19.7 Å². The van der Waals surface area contributed by atoms with Gasteiger partial charge in [-0.25, -0.2) is 4.39 Å². The van der Waals surface area contributed by atoms with Crippen LogP contribution in [0.15, 0.2) is 18.2 Å². The summed E-state index contributed by atoms with van der Waals surface area (Å²) in [5, 5.41) is 18.7. The van der Waals surface area contributed by atoms with Gasteiger partial charge in [0.25, 0.3) is 0 Å². The fourth-order valence-electron chi connectivity index (χ4n) is 1.69. The second-order valence-corrected chi connectivity index (χ2v) is 3.80. The topological polar surface area (TPSA) is 74.7 Å². The molecule has 1 heterocycles. The average Bonchev–Trinajstić information content (AvgIpc) is 2.73. The number of hydrogen-bond donors (Lipinski definition) is 3. The molecule has 0 aliphatic carbocycles. The lowest BCUT2D eigenvalue weighted by Crippen LogP contribution is -2.04. The Kier molecular flexibility index (Phi) is 3.81. The van der Waals surface area contributed by atoms with Crippen LogP contribution in [0.4, 0.5) is 4.39 Å². The van der Waals surface area contributed by atoms with Crippen LogP contribution in [0.2, 0.25) is 0 Å². The van der Waals surface area contributed by atoms with E-state index in [9.17, 15) is 4.39 Å². The maximum Gasteiger partial charge on any atom is 0.193 e. The van der Waals surface area contributed by atoms with Crippen LogP contribution in [0, 0.1) is 5.82 Å². The highest BCUT2D eigenvalue weighted by Gasteiger charge is 2.12. The van der Waals surface area contributed by atoms with Gasteiger partial charge < -0.3 is 24.7 Å². The summed E-state index contributed by atoms with van der Waals surface area (Å²) < 4.78 is 23.6. The van der Waals surface area contributed by atoms with Crippen LogP contribution in [0.3, 0.4) is 0 Å². The highest BCUT2D eigenvalue weighted by molar-refractivity contribution is 5.86. The maximum absolute atomic E-state index is 13.4. The molecule has 6 heteroatoms. The van der Waals surface area contributed by atoms with Crippen LogP contribution < -0.4 is 4.74 Å². The van der Waals surface area contributed by atoms with Crippen molar-refractivity contribution in [1.29, 1.82) is 0 Å². The number of benzene rings is 1. The molecule has 1 aromatic heterocycles. The Balaban J connectivity index is 2.37. The minimum absolute atomic E-state index is 0.187. The van der Waals surface area contributed by atoms with Crippen LogP contribution in [-0.2, 0) is 4.74 Å². The van der Waals surface area contributed by atoms with E-state index in [-0.39, 0.29) is 12.3 Å². The van der Waals surface area contributed by atoms with E-state index in [0.29, 0.717) is 23.3 Å². The normalized spacial score (nSPS) is 11.4. The fourth-order valence-corrected chi connectivity index (χ4v) is 1.69. The number of aromatic nitrogens is 1. The summed E-state index contributed by atoms with van der Waals surface area (Å²) >= 11 is 0. The molecule has 98 valence electrons. The molecule has 0 aliphatic rings. The SMILES string of the molecule is COCCOc1cc(F)cc2[nH]c(C(O)O)cc12. The van der Waals surface area contributed by atoms with Gasteiger partial charge in [-0.2, -0.15) is 0 Å². The molecule has 0 fully saturated rings. The lowest BCUT2D eigenvalue weighted by atomic mass is 10.2. The third-order valence-corrected chi connectivity index (χ3v) is 2.51. The summed E-state index contributed by atoms with van der Waals surface area (Å²) in [6, 6.07) is 4.03. The fraction of sp³-hybridized carbons (Fsp3) is 0.333. The minimum atomic E-state index is -1.63. The Hall–Kier alpha value is -1.63. The summed E-state index contributed by atoms with van der Waals surface area (Å²) in [5.41, 5.74) is 0.637. The molecule has 0 saturated heterocycles. The van der Waals surface area contributed by atoms with Crippen molar-refractivity contribution in [3.63, 3.8) is 0 Å². The first kappa shape index (κ1) is 12.8. The summed E-state index contributed by atoms with van der Waals surface area (Å²) in [4.78, 5) is 2.72. The van der Waals surface area contributed by atoms with Crippen LogP contribution in [0.1, 0.15) is 12.0 Å². The molecule has 0 unspecified atom stereocenters. The van der Waals surface area contributed by atoms with Gasteiger partial charge in [-0.15, -0.1) is 0 Å². The van der Waals surface area contributed by atoms with Crippen molar-refractivity contribution in [2.75, 3.05) is 20.3 Å². The number of aliphatic hydroxyl groups excluding tert-OH is 1. The Morgan fingerprint density at radius 2 is 2.06 bits per heavy atom. The van der Waals surface area contributed by atoms with Gasteiger partial charge in [0.1, 0.15) is 18.2 Å². The van der Waals surface area contributed by atoms with Gasteiger partial charge in [-0.3, -0.25) is 0 Å². The lowest BCUT2D eigenvalue weighted by Gasteiger charge is -2.06. The average molecular weight is 255 g/mol. The Morgan fingerprint density at radius 3 is 2.72 bits per heavy atom. The first-order valence-corrected chi connectivity index (χ1v) is 5.42. The van der Waals surface area contributed by atoms with Crippen molar-refractivity contribution >= 4 is 10.9 Å². The van der Waals surface area contributed by atoms with Gasteiger partial charge in [0.05, 0.1) is 17.8 Å². The molecule has 0 amide bonds. The van der Waals surface area contributed by atoms with E-state index < -0.39 is 12.1 Å². The van der Waals surface area contributed by atoms with Crippen molar-refractivity contribution in [3.05, 3.63) is 29.7 Å². The Bertz CT molecular complexity index is 538. The Morgan fingerprint density at radius 1 is 1.28 bits per heavy atom. The molecular weight excluding hydrogens is 241 g/mol. The molecule has 3 N–H and O–H groups in total. The first-order chi connectivity index (χ1) is 8.61. The number of H-pyrrole nitrogens is 1. The second kappa shape index (κ2) is 5.34. The number of methoxy groups -OCH3 is 1. The smallest absolute Gasteiger partial charge is 0.193 e. The molecule has 0 atom stereocenters. The third kappa shape index (κ3) is 2.61. The Labute approximate surface area is 103 Å². The highest BCUT2D eigenvalue weighted by atomic mass is 19.1. The number of aromatic amines is 1. The summed E-state index contributed by atoms with van der Waals surface area (Å²) in [7, 11) is 1.54. The number of hydrogen-bond acceptors (Lipinski definition) is 4. The van der Waals surface area contributed by atoms with Gasteiger partial charge in [0.2, 0.25) is 0 Å². The van der Waals surface area contributed by atoms with Crippen LogP contribution in [0.5, 0.6) is 5.75 Å². The van der Waals surface area contributed by atoms with Crippen molar-refractivity contribution in [1.82, 2.24) is 4.98 Å². The summed E-state index contributed by atoms with van der Waals surface area (Å²) in [6.07, 6.45) is -1.63. The molecule has 2 aromatic rings. The predicted molar refractivity (Wildman–Crippen MR) is 62.8 cm³/mol. The highest BCUT2D eigenvalue weighted by Crippen LogP contribution is 2.29. The van der Waals surface area contributed by atoms with Crippen molar-refractivity contribution in [2.45, 2.75) is 6.29 Å². The van der Waals surface area contributed by atoms with Crippen molar-refractivity contribution in [2.24, 2.45) is 0 Å². The van der Waals surface area contributed by atoms with Gasteiger partial charge in [-0.05, 0) is 12.1 Å². The maximum atomic E-state index is 13.4. The standard InChI is InChI=1S/C12H14FNO4/c1-17-2-3-18-11-5-7(13)4-9-8(11)6-10(14-9)12(15)16/h4-6,12,14-16H,2-3H2,1H3. The third-order valence-electron chi connectivity index (χ3n) is 2.51. The van der Waals surface area contributed by atoms with E-state index in [1.165, 1.54) is 18.2 Å². The number of halogens is 1. The van der Waals surface area contributed by atoms with E-state index in [0.717, 1.165) is 0 Å². The van der Waals surface area contributed by atoms with Gasteiger partial charge in [0.15, 0.2) is 6.29 Å². The number of rotatable bonds is 5. The van der Waals surface area contributed by atoms with Crippen LogP contribution in [-0.4, -0.2) is 35.5 Å². The van der Waals surface area contributed by atoms with Crippen LogP contribution in [0.25, 0.3) is 10.9 Å². The molecule has 0 spiro atoms. The minimum Gasteiger partial charge on any atom is -0.490 e. The summed E-state index contributed by atoms with van der Waals surface area (Å²) in [6.45, 7) is 0.676. The molecule has 2 rings (SSSR count). The second-order valence-electron chi connectivity index (χ2n) is 3.80. The first-order valence-electron chi connectivity index (χ1n) is 5.42. The summed E-state index contributed by atoms with van der Waals surface area (Å²) in [5.74, 6) is -0.124. The van der Waals surface area contributed by atoms with Crippen molar-refractivity contribution < 1.29 is 24.1 Å².